The van der Waals surface area contributed by atoms with Crippen molar-refractivity contribution in [2.24, 2.45) is 11.7 Å². The van der Waals surface area contributed by atoms with Crippen LogP contribution in [-0.4, -0.2) is 69.4 Å². The van der Waals surface area contributed by atoms with E-state index in [-0.39, 0.29) is 37.6 Å². The van der Waals surface area contributed by atoms with Crippen LogP contribution in [0.15, 0.2) is 0 Å². The van der Waals surface area contributed by atoms with Crippen LogP contribution >= 0.6 is 7.72 Å². The number of carboxylic acids is 1. The van der Waals surface area contributed by atoms with Gasteiger partial charge in [0.2, 0.25) is 11.8 Å². The van der Waals surface area contributed by atoms with Gasteiger partial charge in [0.05, 0.1) is 12.6 Å². The highest BCUT2D eigenvalue weighted by molar-refractivity contribution is 7.65. The molecule has 7 N–H and O–H groups in total. The molecule has 0 heterocycles. The molecule has 0 aromatic heterocycles. The summed E-state index contributed by atoms with van der Waals surface area (Å²) in [6.45, 7) is 0.981. The highest BCUT2D eigenvalue weighted by Gasteiger charge is 2.39. The molecule has 2 amide bonds. The Kier molecular flexibility index (Phi) is 10.7. The van der Waals surface area contributed by atoms with E-state index in [1.54, 1.807) is 0 Å². The predicted octanol–water partition coefficient (Wildman–Crippen LogP) is -0.219. The van der Waals surface area contributed by atoms with E-state index in [1.165, 1.54) is 6.92 Å². The number of hydrogen-bond acceptors (Lipinski definition) is 7. The van der Waals surface area contributed by atoms with Crippen LogP contribution in [0.5, 0.6) is 0 Å². The molecular weight excluding hydrogens is 401 g/mol. The molecule has 1 aliphatic carbocycles. The summed E-state index contributed by atoms with van der Waals surface area (Å²) in [5.74, 6) is -2.59. The van der Waals surface area contributed by atoms with E-state index in [0.717, 1.165) is 32.1 Å². The van der Waals surface area contributed by atoms with Crippen molar-refractivity contribution in [3.05, 3.63) is 0 Å². The lowest BCUT2D eigenvalue weighted by Crippen LogP contribution is -2.47. The van der Waals surface area contributed by atoms with Crippen LogP contribution in [0.2, 0.25) is 0 Å². The second-order valence-corrected chi connectivity index (χ2v) is 10.2. The van der Waals surface area contributed by atoms with Crippen LogP contribution < -0.4 is 16.4 Å². The molecule has 11 heteroatoms. The van der Waals surface area contributed by atoms with E-state index >= 15 is 0 Å². The molecule has 1 aliphatic rings. The Balaban J connectivity index is 2.28. The van der Waals surface area contributed by atoms with Crippen molar-refractivity contribution in [2.45, 2.75) is 64.0 Å². The Morgan fingerprint density at radius 3 is 2.34 bits per heavy atom. The predicted molar refractivity (Wildman–Crippen MR) is 108 cm³/mol. The van der Waals surface area contributed by atoms with E-state index in [4.69, 9.17) is 10.8 Å². The van der Waals surface area contributed by atoms with Gasteiger partial charge in [-0.1, -0.05) is 19.3 Å². The number of amides is 2. The van der Waals surface area contributed by atoms with Gasteiger partial charge in [-0.25, -0.2) is 9.79 Å². The molecule has 0 radical (unpaired) electrons. The van der Waals surface area contributed by atoms with Crippen molar-refractivity contribution in [1.29, 1.82) is 0 Å². The van der Waals surface area contributed by atoms with Crippen LogP contribution in [0.4, 0.5) is 0 Å². The van der Waals surface area contributed by atoms with Crippen molar-refractivity contribution in [1.82, 2.24) is 10.6 Å². The van der Waals surface area contributed by atoms with E-state index < -0.39 is 43.4 Å². The fourth-order valence-corrected chi connectivity index (χ4v) is 5.27. The van der Waals surface area contributed by atoms with E-state index in [2.05, 4.69) is 10.6 Å². The monoisotopic (exact) mass is 434 g/mol. The highest BCUT2D eigenvalue weighted by Crippen LogP contribution is 2.52. The number of carbonyl (C=O) groups excluding carboxylic acids is 3. The smallest absolute Gasteiger partial charge is 0.325 e. The van der Waals surface area contributed by atoms with Gasteiger partial charge in [0.25, 0.3) is 7.72 Å². The number of nitrogens with one attached hydrogen (secondary N) is 2. The summed E-state index contributed by atoms with van der Waals surface area (Å²) in [4.78, 5) is 66.6. The van der Waals surface area contributed by atoms with Crippen LogP contribution in [0.25, 0.3) is 0 Å². The number of Topliss-reactive ketones (excluding diaryl/α,β-unsaturated/α-hetero) is 1. The number of carboxylic acid groups (broad SMARTS) is 1. The molecule has 29 heavy (non-hydrogen) atoms. The number of ketones is 1. The number of hydrogen-bond donors (Lipinski definition) is 6. The number of rotatable bonds is 12. The zero-order valence-electron chi connectivity index (χ0n) is 16.8. The van der Waals surface area contributed by atoms with Crippen LogP contribution in [0.1, 0.15) is 51.9 Å². The lowest BCUT2D eigenvalue weighted by molar-refractivity contribution is -0.141. The fourth-order valence-electron chi connectivity index (χ4n) is 3.27. The van der Waals surface area contributed by atoms with Crippen LogP contribution in [0.3, 0.4) is 0 Å². The lowest BCUT2D eigenvalue weighted by Gasteiger charge is -2.23. The molecule has 0 aliphatic heterocycles. The molecule has 1 fully saturated rings. The zero-order chi connectivity index (χ0) is 22.0. The molecular formula is C18H33N3O7P+. The minimum atomic E-state index is -3.31. The maximum Gasteiger partial charge on any atom is 0.325 e. The Morgan fingerprint density at radius 2 is 1.76 bits per heavy atom. The third-order valence-corrected chi connectivity index (χ3v) is 6.90. The molecule has 166 valence electrons. The topological polar surface area (TPSA) is 179 Å². The molecule has 0 aromatic carbocycles. The summed E-state index contributed by atoms with van der Waals surface area (Å²) in [5.41, 5.74) is 5.63. The Hall–Kier alpha value is -1.61. The highest BCUT2D eigenvalue weighted by atomic mass is 31.2. The van der Waals surface area contributed by atoms with Gasteiger partial charge in [-0.2, -0.15) is 0 Å². The molecule has 2 atom stereocenters. The van der Waals surface area contributed by atoms with E-state index in [9.17, 15) is 29.0 Å². The molecule has 1 rings (SSSR count). The zero-order valence-corrected chi connectivity index (χ0v) is 17.7. The quantitative estimate of drug-likeness (QED) is 0.228. The average molecular weight is 434 g/mol. The summed E-state index contributed by atoms with van der Waals surface area (Å²) in [5, 5.41) is 13.3. The van der Waals surface area contributed by atoms with Crippen molar-refractivity contribution >= 4 is 31.3 Å². The summed E-state index contributed by atoms with van der Waals surface area (Å²) in [6.07, 6.45) is 4.98. The van der Waals surface area contributed by atoms with Crippen LogP contribution in [0, 0.1) is 5.92 Å². The Labute approximate surface area is 171 Å². The Morgan fingerprint density at radius 1 is 1.14 bits per heavy atom. The molecule has 0 saturated heterocycles. The number of carbonyl (C=O) groups is 4. The third kappa shape index (κ3) is 10.7. The maximum atomic E-state index is 12.0. The van der Waals surface area contributed by atoms with Gasteiger partial charge in [-0.15, -0.1) is 0 Å². The maximum absolute atomic E-state index is 12.0. The lowest BCUT2D eigenvalue weighted by atomic mass is 9.91. The molecule has 1 saturated carbocycles. The van der Waals surface area contributed by atoms with Crippen LogP contribution in [-0.2, 0) is 19.2 Å². The van der Waals surface area contributed by atoms with Crippen molar-refractivity contribution in [3.8, 4) is 0 Å². The Bertz CT molecular complexity index is 594. The first-order valence-corrected chi connectivity index (χ1v) is 12.0. The molecule has 0 bridgehead atoms. The van der Waals surface area contributed by atoms with Gasteiger partial charge >= 0.3 is 5.97 Å². The van der Waals surface area contributed by atoms with Crippen molar-refractivity contribution in [2.75, 3.05) is 18.9 Å². The second kappa shape index (κ2) is 12.2. The number of aliphatic carboxylic acids is 1. The van der Waals surface area contributed by atoms with Crippen molar-refractivity contribution < 1.29 is 34.1 Å². The van der Waals surface area contributed by atoms with E-state index in [0.29, 0.717) is 0 Å². The van der Waals surface area contributed by atoms with Gasteiger partial charge in [-0.3, -0.25) is 19.2 Å². The third-order valence-electron chi connectivity index (χ3n) is 4.94. The van der Waals surface area contributed by atoms with Gasteiger partial charge in [0, 0.05) is 6.42 Å². The first-order chi connectivity index (χ1) is 13.5. The van der Waals surface area contributed by atoms with Gasteiger partial charge in [0.1, 0.15) is 12.2 Å². The molecule has 0 aromatic rings. The standard InChI is InChI=1S/C18H32N3O7P/c1-12(18(25)26)21-17(24)15(19)7-8-16(23)20-9-14(22)11-29(27,28)10-13-5-3-2-4-6-13/h12-13,15,27-28H,2-11,19H2,1H3,(H2-,20,21,23,24,25,26)/p+1/t12-,15+/m0/s1. The minimum Gasteiger partial charge on any atom is -0.480 e. The average Bonchev–Trinajstić information content (AvgIpc) is 2.64. The van der Waals surface area contributed by atoms with Gasteiger partial charge < -0.3 is 21.5 Å². The SMILES string of the molecule is C[C@H](NC(=O)[C@H](N)CCC(=O)NCC(=O)C[P+](O)(O)CC1CCCCC1)C(=O)O. The summed E-state index contributed by atoms with van der Waals surface area (Å²) < 4.78 is 0. The first-order valence-electron chi connectivity index (χ1n) is 9.90. The summed E-state index contributed by atoms with van der Waals surface area (Å²) in [6, 6.07) is -2.14. The van der Waals surface area contributed by atoms with Gasteiger partial charge in [0.15, 0.2) is 11.9 Å². The fraction of sp³-hybridized carbons (Fsp3) is 0.778. The largest absolute Gasteiger partial charge is 0.480 e. The number of nitrogens with two attached hydrogens (primary N) is 1. The summed E-state index contributed by atoms with van der Waals surface area (Å²) in [7, 11) is -3.31. The summed E-state index contributed by atoms with van der Waals surface area (Å²) >= 11 is 0. The molecule has 0 spiro atoms. The van der Waals surface area contributed by atoms with Crippen molar-refractivity contribution in [3.63, 3.8) is 0 Å². The first kappa shape index (κ1) is 25.4. The molecule has 0 unspecified atom stereocenters. The normalized spacial score (nSPS) is 17.2. The van der Waals surface area contributed by atoms with E-state index in [1.807, 2.05) is 0 Å². The minimum absolute atomic E-state index is 0.0170. The van der Waals surface area contributed by atoms with Gasteiger partial charge in [-0.05, 0) is 32.1 Å². The second-order valence-electron chi connectivity index (χ2n) is 7.75. The molecule has 10 nitrogen and oxygen atoms in total.